The number of ether oxygens (including phenoxy) is 1. The van der Waals surface area contributed by atoms with Crippen LogP contribution < -0.4 is 10.5 Å². The summed E-state index contributed by atoms with van der Waals surface area (Å²) in [5.74, 6) is 2.49. The van der Waals surface area contributed by atoms with Gasteiger partial charge in [0.05, 0.1) is 12.5 Å². The van der Waals surface area contributed by atoms with Crippen molar-refractivity contribution in [2.75, 3.05) is 12.3 Å². The summed E-state index contributed by atoms with van der Waals surface area (Å²) >= 11 is 0. The zero-order chi connectivity index (χ0) is 13.2. The standard InChI is InChI=1S/C15H17N3O/c1-2-12-8-14(16)18-15(17-12)11-7-10-5-3-4-6-13(10)19-9-11/h3-6,8,11H,2,7,9H2,1H3,(H2,16,17,18). The summed E-state index contributed by atoms with van der Waals surface area (Å²) < 4.78 is 5.78. The Morgan fingerprint density at radius 3 is 3.00 bits per heavy atom. The Morgan fingerprint density at radius 1 is 1.32 bits per heavy atom. The molecule has 4 nitrogen and oxygen atoms in total. The number of nitrogen functional groups attached to an aromatic ring is 1. The van der Waals surface area contributed by atoms with Gasteiger partial charge in [0.15, 0.2) is 0 Å². The van der Waals surface area contributed by atoms with Gasteiger partial charge in [-0.15, -0.1) is 0 Å². The molecule has 0 aliphatic carbocycles. The SMILES string of the molecule is CCc1cc(N)nc(C2COc3ccccc3C2)n1. The molecule has 1 aromatic carbocycles. The summed E-state index contributed by atoms with van der Waals surface area (Å²) in [5, 5.41) is 0. The lowest BCUT2D eigenvalue weighted by molar-refractivity contribution is 0.257. The molecular formula is C15H17N3O. The molecule has 0 spiro atoms. The van der Waals surface area contributed by atoms with Crippen molar-refractivity contribution < 1.29 is 4.74 Å². The maximum absolute atomic E-state index is 5.84. The van der Waals surface area contributed by atoms with Gasteiger partial charge in [-0.3, -0.25) is 0 Å². The van der Waals surface area contributed by atoms with Gasteiger partial charge < -0.3 is 10.5 Å². The molecule has 1 aromatic heterocycles. The van der Waals surface area contributed by atoms with E-state index in [0.717, 1.165) is 30.1 Å². The summed E-state index contributed by atoms with van der Waals surface area (Å²) in [5.41, 5.74) is 8.04. The number of fused-ring (bicyclic) bond motifs is 1. The predicted octanol–water partition coefficient (Wildman–Crippen LogP) is 2.34. The Kier molecular flexibility index (Phi) is 3.07. The zero-order valence-electron chi connectivity index (χ0n) is 11.0. The van der Waals surface area contributed by atoms with Crippen molar-refractivity contribution in [3.63, 3.8) is 0 Å². The molecule has 0 bridgehead atoms. The molecule has 1 atom stereocenters. The van der Waals surface area contributed by atoms with Gasteiger partial charge in [-0.25, -0.2) is 9.97 Å². The lowest BCUT2D eigenvalue weighted by atomic mass is 9.96. The van der Waals surface area contributed by atoms with Crippen LogP contribution in [0.4, 0.5) is 5.82 Å². The van der Waals surface area contributed by atoms with Crippen LogP contribution in [0.3, 0.4) is 0 Å². The second-order valence-corrected chi connectivity index (χ2v) is 4.82. The topological polar surface area (TPSA) is 61.0 Å². The summed E-state index contributed by atoms with van der Waals surface area (Å²) in [6, 6.07) is 9.95. The molecule has 0 saturated heterocycles. The Balaban J connectivity index is 1.90. The fourth-order valence-electron chi connectivity index (χ4n) is 2.40. The van der Waals surface area contributed by atoms with Gasteiger partial charge in [0.2, 0.25) is 0 Å². The van der Waals surface area contributed by atoms with Crippen molar-refractivity contribution in [2.45, 2.75) is 25.7 Å². The molecule has 1 unspecified atom stereocenters. The van der Waals surface area contributed by atoms with Crippen molar-refractivity contribution in [3.8, 4) is 5.75 Å². The van der Waals surface area contributed by atoms with E-state index < -0.39 is 0 Å². The van der Waals surface area contributed by atoms with E-state index in [4.69, 9.17) is 10.5 Å². The Bertz CT molecular complexity index is 598. The molecule has 0 radical (unpaired) electrons. The second kappa shape index (κ2) is 4.88. The average Bonchev–Trinajstić information content (AvgIpc) is 2.46. The van der Waals surface area contributed by atoms with Gasteiger partial charge in [-0.1, -0.05) is 25.1 Å². The maximum atomic E-state index is 5.84. The molecule has 98 valence electrons. The molecule has 0 amide bonds. The van der Waals surface area contributed by atoms with E-state index in [9.17, 15) is 0 Å². The van der Waals surface area contributed by atoms with Crippen LogP contribution in [0, 0.1) is 0 Å². The van der Waals surface area contributed by atoms with Crippen LogP contribution in [-0.2, 0) is 12.8 Å². The van der Waals surface area contributed by atoms with Gasteiger partial charge in [0.25, 0.3) is 0 Å². The van der Waals surface area contributed by atoms with Crippen LogP contribution in [0.2, 0.25) is 0 Å². The minimum Gasteiger partial charge on any atom is -0.493 e. The maximum Gasteiger partial charge on any atom is 0.137 e. The van der Waals surface area contributed by atoms with Gasteiger partial charge in [0.1, 0.15) is 17.4 Å². The highest BCUT2D eigenvalue weighted by molar-refractivity contribution is 5.37. The third-order valence-corrected chi connectivity index (χ3v) is 3.42. The van der Waals surface area contributed by atoms with Gasteiger partial charge in [-0.05, 0) is 24.5 Å². The monoisotopic (exact) mass is 255 g/mol. The quantitative estimate of drug-likeness (QED) is 0.894. The number of aromatic nitrogens is 2. The highest BCUT2D eigenvalue weighted by Crippen LogP contribution is 2.31. The van der Waals surface area contributed by atoms with E-state index in [0.29, 0.717) is 12.4 Å². The zero-order valence-corrected chi connectivity index (χ0v) is 11.0. The fourth-order valence-corrected chi connectivity index (χ4v) is 2.40. The molecule has 2 heterocycles. The number of aryl methyl sites for hydroxylation is 1. The molecule has 1 aliphatic rings. The van der Waals surface area contributed by atoms with Crippen molar-refractivity contribution in [1.82, 2.24) is 9.97 Å². The van der Waals surface area contributed by atoms with E-state index in [1.54, 1.807) is 0 Å². The van der Waals surface area contributed by atoms with Crippen molar-refractivity contribution in [2.24, 2.45) is 0 Å². The molecular weight excluding hydrogens is 238 g/mol. The fraction of sp³-hybridized carbons (Fsp3) is 0.333. The molecule has 0 fully saturated rings. The van der Waals surface area contributed by atoms with Crippen LogP contribution in [0.25, 0.3) is 0 Å². The van der Waals surface area contributed by atoms with E-state index in [2.05, 4.69) is 23.0 Å². The number of hydrogen-bond acceptors (Lipinski definition) is 4. The minimum absolute atomic E-state index is 0.184. The van der Waals surface area contributed by atoms with Crippen LogP contribution in [0.1, 0.15) is 29.9 Å². The first-order valence-corrected chi connectivity index (χ1v) is 6.60. The molecule has 4 heteroatoms. The number of rotatable bonds is 2. The minimum atomic E-state index is 0.184. The van der Waals surface area contributed by atoms with Crippen LogP contribution in [0.15, 0.2) is 30.3 Å². The lowest BCUT2D eigenvalue weighted by Crippen LogP contribution is -2.22. The van der Waals surface area contributed by atoms with Crippen molar-refractivity contribution >= 4 is 5.82 Å². The van der Waals surface area contributed by atoms with Crippen molar-refractivity contribution in [1.29, 1.82) is 0 Å². The molecule has 2 aromatic rings. The summed E-state index contributed by atoms with van der Waals surface area (Å²) in [4.78, 5) is 8.94. The number of nitrogens with zero attached hydrogens (tertiary/aromatic N) is 2. The molecule has 1 aliphatic heterocycles. The molecule has 0 saturated carbocycles. The van der Waals surface area contributed by atoms with E-state index in [-0.39, 0.29) is 5.92 Å². The van der Waals surface area contributed by atoms with Gasteiger partial charge >= 0.3 is 0 Å². The molecule has 19 heavy (non-hydrogen) atoms. The molecule has 3 rings (SSSR count). The number of nitrogens with two attached hydrogens (primary N) is 1. The number of anilines is 1. The highest BCUT2D eigenvalue weighted by Gasteiger charge is 2.23. The lowest BCUT2D eigenvalue weighted by Gasteiger charge is -2.24. The Hall–Kier alpha value is -2.10. The predicted molar refractivity (Wildman–Crippen MR) is 74.2 cm³/mol. The Morgan fingerprint density at radius 2 is 2.16 bits per heavy atom. The van der Waals surface area contributed by atoms with Crippen LogP contribution in [-0.4, -0.2) is 16.6 Å². The normalized spacial score (nSPS) is 17.6. The number of benzene rings is 1. The second-order valence-electron chi connectivity index (χ2n) is 4.82. The van der Waals surface area contributed by atoms with E-state index in [1.165, 1.54) is 5.56 Å². The van der Waals surface area contributed by atoms with E-state index >= 15 is 0 Å². The third kappa shape index (κ3) is 2.38. The number of hydrogen-bond donors (Lipinski definition) is 1. The summed E-state index contributed by atoms with van der Waals surface area (Å²) in [6.07, 6.45) is 1.77. The largest absolute Gasteiger partial charge is 0.493 e. The smallest absolute Gasteiger partial charge is 0.137 e. The molecule has 2 N–H and O–H groups in total. The van der Waals surface area contributed by atoms with Crippen LogP contribution >= 0.6 is 0 Å². The first-order valence-electron chi connectivity index (χ1n) is 6.60. The summed E-state index contributed by atoms with van der Waals surface area (Å²) in [7, 11) is 0. The first kappa shape index (κ1) is 12.0. The summed E-state index contributed by atoms with van der Waals surface area (Å²) in [6.45, 7) is 2.68. The highest BCUT2D eigenvalue weighted by atomic mass is 16.5. The van der Waals surface area contributed by atoms with E-state index in [1.807, 2.05) is 24.3 Å². The number of para-hydroxylation sites is 1. The Labute approximate surface area is 112 Å². The van der Waals surface area contributed by atoms with Crippen molar-refractivity contribution in [3.05, 3.63) is 47.4 Å². The average molecular weight is 255 g/mol. The van der Waals surface area contributed by atoms with Crippen LogP contribution in [0.5, 0.6) is 5.75 Å². The van der Waals surface area contributed by atoms with Gasteiger partial charge in [-0.2, -0.15) is 0 Å². The van der Waals surface area contributed by atoms with Gasteiger partial charge in [0, 0.05) is 11.8 Å². The first-order chi connectivity index (χ1) is 9.26. The third-order valence-electron chi connectivity index (χ3n) is 3.42.